The summed E-state index contributed by atoms with van der Waals surface area (Å²) in [4.78, 5) is 1.37. The molecule has 0 aliphatic rings. The van der Waals surface area contributed by atoms with Gasteiger partial charge in [-0.3, -0.25) is 0 Å². The number of hydrogen-bond donors (Lipinski definition) is 1. The number of halogens is 1. The Balaban J connectivity index is 2.16. The summed E-state index contributed by atoms with van der Waals surface area (Å²) in [5.74, 6) is 0.359. The normalized spacial score (nSPS) is 12.6. The molecule has 3 heteroatoms. The molecular formula is C13H14ClNS. The summed E-state index contributed by atoms with van der Waals surface area (Å²) in [7, 11) is 0. The average Bonchev–Trinajstić information content (AvgIpc) is 2.78. The first-order valence-corrected chi connectivity index (χ1v) is 6.53. The average molecular weight is 252 g/mol. The summed E-state index contributed by atoms with van der Waals surface area (Å²) in [6.45, 7) is 0.651. The minimum absolute atomic E-state index is 0.359. The molecule has 1 aromatic heterocycles. The zero-order valence-electron chi connectivity index (χ0n) is 8.90. The van der Waals surface area contributed by atoms with Crippen molar-refractivity contribution in [1.82, 2.24) is 0 Å². The quantitative estimate of drug-likeness (QED) is 0.881. The van der Waals surface area contributed by atoms with Gasteiger partial charge in [0.2, 0.25) is 0 Å². The zero-order valence-corrected chi connectivity index (χ0v) is 10.5. The number of thiophene rings is 1. The summed E-state index contributed by atoms with van der Waals surface area (Å²) >= 11 is 7.77. The second-order valence-electron chi connectivity index (χ2n) is 3.77. The van der Waals surface area contributed by atoms with Crippen molar-refractivity contribution in [2.75, 3.05) is 6.54 Å². The first-order chi connectivity index (χ1) is 7.79. The number of nitrogens with two attached hydrogens (primary N) is 1. The van der Waals surface area contributed by atoms with E-state index in [2.05, 4.69) is 23.6 Å². The van der Waals surface area contributed by atoms with Crippen molar-refractivity contribution >= 4 is 22.9 Å². The van der Waals surface area contributed by atoms with Gasteiger partial charge in [0.15, 0.2) is 0 Å². The highest BCUT2D eigenvalue weighted by Crippen LogP contribution is 2.24. The van der Waals surface area contributed by atoms with E-state index in [1.165, 1.54) is 10.4 Å². The van der Waals surface area contributed by atoms with Gasteiger partial charge in [-0.05, 0) is 42.1 Å². The van der Waals surface area contributed by atoms with Gasteiger partial charge in [-0.1, -0.05) is 29.8 Å². The highest BCUT2D eigenvalue weighted by molar-refractivity contribution is 7.09. The van der Waals surface area contributed by atoms with E-state index >= 15 is 0 Å². The van der Waals surface area contributed by atoms with Crippen LogP contribution in [0, 0.1) is 0 Å². The Morgan fingerprint density at radius 1 is 1.25 bits per heavy atom. The lowest BCUT2D eigenvalue weighted by atomic mass is 9.95. The predicted molar refractivity (Wildman–Crippen MR) is 71.3 cm³/mol. The van der Waals surface area contributed by atoms with Gasteiger partial charge >= 0.3 is 0 Å². The van der Waals surface area contributed by atoms with Crippen LogP contribution < -0.4 is 5.73 Å². The van der Waals surface area contributed by atoms with Gasteiger partial charge in [0, 0.05) is 15.8 Å². The Morgan fingerprint density at radius 2 is 2.12 bits per heavy atom. The van der Waals surface area contributed by atoms with E-state index in [0.29, 0.717) is 12.5 Å². The van der Waals surface area contributed by atoms with Gasteiger partial charge < -0.3 is 5.73 Å². The van der Waals surface area contributed by atoms with Crippen molar-refractivity contribution in [3.05, 3.63) is 57.2 Å². The van der Waals surface area contributed by atoms with Crippen LogP contribution in [0.15, 0.2) is 41.8 Å². The number of benzene rings is 1. The van der Waals surface area contributed by atoms with Gasteiger partial charge in [0.05, 0.1) is 0 Å². The molecule has 0 amide bonds. The van der Waals surface area contributed by atoms with Crippen molar-refractivity contribution in [2.24, 2.45) is 5.73 Å². The van der Waals surface area contributed by atoms with Gasteiger partial charge in [-0.15, -0.1) is 11.3 Å². The lowest BCUT2D eigenvalue weighted by molar-refractivity contribution is 0.701. The SMILES string of the molecule is NCC(Cc1cccs1)c1cccc(Cl)c1. The molecule has 1 aromatic carbocycles. The van der Waals surface area contributed by atoms with Gasteiger partial charge in [0.25, 0.3) is 0 Å². The molecule has 1 atom stereocenters. The molecule has 2 aromatic rings. The molecule has 1 heterocycles. The van der Waals surface area contributed by atoms with Crippen LogP contribution in [0.3, 0.4) is 0 Å². The molecule has 0 saturated carbocycles. The second-order valence-corrected chi connectivity index (χ2v) is 5.24. The van der Waals surface area contributed by atoms with Crippen LogP contribution in [-0.2, 0) is 6.42 Å². The Kier molecular flexibility index (Phi) is 3.99. The molecule has 0 bridgehead atoms. The lowest BCUT2D eigenvalue weighted by Gasteiger charge is -2.14. The Bertz CT molecular complexity index is 439. The number of hydrogen-bond acceptors (Lipinski definition) is 2. The smallest absolute Gasteiger partial charge is 0.0408 e. The summed E-state index contributed by atoms with van der Waals surface area (Å²) < 4.78 is 0. The van der Waals surface area contributed by atoms with E-state index in [9.17, 15) is 0 Å². The van der Waals surface area contributed by atoms with Crippen LogP contribution >= 0.6 is 22.9 Å². The molecule has 84 valence electrons. The zero-order chi connectivity index (χ0) is 11.4. The third-order valence-electron chi connectivity index (χ3n) is 2.63. The van der Waals surface area contributed by atoms with Crippen molar-refractivity contribution in [3.63, 3.8) is 0 Å². The van der Waals surface area contributed by atoms with Gasteiger partial charge in [-0.25, -0.2) is 0 Å². The van der Waals surface area contributed by atoms with E-state index in [0.717, 1.165) is 11.4 Å². The molecule has 0 saturated heterocycles. The van der Waals surface area contributed by atoms with Crippen molar-refractivity contribution in [1.29, 1.82) is 0 Å². The largest absolute Gasteiger partial charge is 0.330 e. The minimum atomic E-state index is 0.359. The van der Waals surface area contributed by atoms with Crippen molar-refractivity contribution in [2.45, 2.75) is 12.3 Å². The molecule has 16 heavy (non-hydrogen) atoms. The van der Waals surface area contributed by atoms with E-state index in [1.54, 1.807) is 11.3 Å². The van der Waals surface area contributed by atoms with Gasteiger partial charge in [-0.2, -0.15) is 0 Å². The molecule has 2 rings (SSSR count). The van der Waals surface area contributed by atoms with E-state index < -0.39 is 0 Å². The molecule has 1 nitrogen and oxygen atoms in total. The Labute approximate surface area is 105 Å². The first-order valence-electron chi connectivity index (χ1n) is 5.27. The molecule has 0 fully saturated rings. The monoisotopic (exact) mass is 251 g/mol. The first kappa shape index (κ1) is 11.6. The van der Waals surface area contributed by atoms with Crippen molar-refractivity contribution < 1.29 is 0 Å². The summed E-state index contributed by atoms with van der Waals surface area (Å²) in [6.07, 6.45) is 0.995. The summed E-state index contributed by atoms with van der Waals surface area (Å²) in [5.41, 5.74) is 7.06. The Hall–Kier alpha value is -0.830. The molecule has 0 aliphatic carbocycles. The third kappa shape index (κ3) is 2.85. The van der Waals surface area contributed by atoms with E-state index in [1.807, 2.05) is 18.2 Å². The Morgan fingerprint density at radius 3 is 2.75 bits per heavy atom. The van der Waals surface area contributed by atoms with Crippen LogP contribution in [0.4, 0.5) is 0 Å². The third-order valence-corrected chi connectivity index (χ3v) is 3.77. The molecular weight excluding hydrogens is 238 g/mol. The topological polar surface area (TPSA) is 26.0 Å². The molecule has 0 spiro atoms. The van der Waals surface area contributed by atoms with Crippen molar-refractivity contribution in [3.8, 4) is 0 Å². The summed E-state index contributed by atoms with van der Waals surface area (Å²) in [5, 5.41) is 2.88. The van der Waals surface area contributed by atoms with Crippen LogP contribution in [0.5, 0.6) is 0 Å². The number of rotatable bonds is 4. The van der Waals surface area contributed by atoms with Crippen LogP contribution in [0.25, 0.3) is 0 Å². The highest BCUT2D eigenvalue weighted by atomic mass is 35.5. The fraction of sp³-hybridized carbons (Fsp3) is 0.231. The maximum atomic E-state index is 5.99. The molecule has 1 unspecified atom stereocenters. The maximum Gasteiger partial charge on any atom is 0.0408 e. The standard InChI is InChI=1S/C13H14ClNS/c14-12-4-1-3-10(7-12)11(9-15)8-13-5-2-6-16-13/h1-7,11H,8-9,15H2. The minimum Gasteiger partial charge on any atom is -0.330 e. The van der Waals surface area contributed by atoms with Crippen LogP contribution in [0.1, 0.15) is 16.4 Å². The van der Waals surface area contributed by atoms with Crippen LogP contribution in [-0.4, -0.2) is 6.54 Å². The highest BCUT2D eigenvalue weighted by Gasteiger charge is 2.11. The molecule has 2 N–H and O–H groups in total. The molecule has 0 aliphatic heterocycles. The van der Waals surface area contributed by atoms with Crippen LogP contribution in [0.2, 0.25) is 5.02 Å². The predicted octanol–water partition coefficient (Wildman–Crippen LogP) is 3.69. The van der Waals surface area contributed by atoms with E-state index in [-0.39, 0.29) is 0 Å². The fourth-order valence-corrected chi connectivity index (χ4v) is 2.75. The summed E-state index contributed by atoms with van der Waals surface area (Å²) in [6, 6.07) is 12.2. The molecule has 0 radical (unpaired) electrons. The lowest BCUT2D eigenvalue weighted by Crippen LogP contribution is -2.14. The maximum absolute atomic E-state index is 5.99. The fourth-order valence-electron chi connectivity index (χ4n) is 1.77. The second kappa shape index (κ2) is 5.48. The van der Waals surface area contributed by atoms with Gasteiger partial charge in [0.1, 0.15) is 0 Å². The van der Waals surface area contributed by atoms with E-state index in [4.69, 9.17) is 17.3 Å².